The molecule has 0 unspecified atom stereocenters. The summed E-state index contributed by atoms with van der Waals surface area (Å²) in [5.41, 5.74) is -0.897. The van der Waals surface area contributed by atoms with Gasteiger partial charge >= 0.3 is 0 Å². The average molecular weight is 496 g/mol. The normalized spacial score (nSPS) is 16.8. The first-order valence-corrected chi connectivity index (χ1v) is 11.7. The second-order valence-electron chi connectivity index (χ2n) is 9.25. The van der Waals surface area contributed by atoms with Crippen molar-refractivity contribution in [3.63, 3.8) is 0 Å². The number of halogens is 3. The minimum Gasteiger partial charge on any atom is -0.494 e. The number of nitrogens with zero attached hydrogens (tertiary/aromatic N) is 4. The molecule has 10 heteroatoms. The Morgan fingerprint density at radius 1 is 1.08 bits per heavy atom. The Hall–Kier alpha value is -3.84. The van der Waals surface area contributed by atoms with Crippen molar-refractivity contribution in [3.05, 3.63) is 69.8 Å². The van der Waals surface area contributed by atoms with Crippen molar-refractivity contribution >= 4 is 5.82 Å². The monoisotopic (exact) mass is 495 g/mol. The van der Waals surface area contributed by atoms with Crippen LogP contribution in [-0.2, 0) is 0 Å². The number of benzene rings is 2. The van der Waals surface area contributed by atoms with Gasteiger partial charge in [0.2, 0.25) is 5.82 Å². The van der Waals surface area contributed by atoms with Crippen molar-refractivity contribution in [2.45, 2.75) is 19.3 Å². The summed E-state index contributed by atoms with van der Waals surface area (Å²) in [5.74, 6) is -2.86. The zero-order valence-electron chi connectivity index (χ0n) is 19.7. The van der Waals surface area contributed by atoms with Crippen LogP contribution in [0, 0.1) is 34.2 Å². The van der Waals surface area contributed by atoms with E-state index >= 15 is 4.39 Å². The number of nitrogens with one attached hydrogen (secondary N) is 1. The number of ether oxygens (including phenoxy) is 1. The van der Waals surface area contributed by atoms with Crippen molar-refractivity contribution < 1.29 is 17.9 Å². The molecular weight excluding hydrogens is 471 g/mol. The minimum absolute atomic E-state index is 0.00523. The highest BCUT2D eigenvalue weighted by Gasteiger charge is 2.38. The predicted octanol–water partition coefficient (Wildman–Crippen LogP) is 3.78. The Labute approximate surface area is 205 Å². The third-order valence-electron chi connectivity index (χ3n) is 7.21. The molecule has 0 bridgehead atoms. The molecule has 2 aliphatic rings. The molecule has 1 aromatic heterocycles. The number of anilines is 1. The minimum atomic E-state index is -1.07. The van der Waals surface area contributed by atoms with Gasteiger partial charge in [0.1, 0.15) is 17.7 Å². The summed E-state index contributed by atoms with van der Waals surface area (Å²) >= 11 is 0. The first kappa shape index (κ1) is 23.9. The summed E-state index contributed by atoms with van der Waals surface area (Å²) < 4.78 is 50.5. The molecular formula is C26H24F3N5O2. The van der Waals surface area contributed by atoms with Crippen molar-refractivity contribution in [1.82, 2.24) is 14.9 Å². The molecule has 5 rings (SSSR count). The standard InChI is InChI=1S/C26H24F3N5O2/c1-36-21-5-4-18(13-20(21)28)34-23(16-2-3-17(14-30)19(27)12-16)32-24(22(29)25(34)35)33-10-7-26(8-11-33)6-9-31-15-26/h2-5,12-13,31H,6-11,15H2,1H3. The topological polar surface area (TPSA) is 83.2 Å². The third-order valence-corrected chi connectivity index (χ3v) is 7.21. The molecule has 2 aromatic carbocycles. The lowest BCUT2D eigenvalue weighted by atomic mass is 9.78. The van der Waals surface area contributed by atoms with Gasteiger partial charge in [-0.25, -0.2) is 13.8 Å². The second kappa shape index (κ2) is 9.32. The zero-order valence-corrected chi connectivity index (χ0v) is 19.7. The lowest BCUT2D eigenvalue weighted by molar-refractivity contribution is 0.246. The summed E-state index contributed by atoms with van der Waals surface area (Å²) in [6.45, 7) is 2.91. The number of methoxy groups -OCH3 is 1. The highest BCUT2D eigenvalue weighted by atomic mass is 19.1. The van der Waals surface area contributed by atoms with Gasteiger partial charge in [-0.15, -0.1) is 0 Å². The van der Waals surface area contributed by atoms with Gasteiger partial charge in [0, 0.05) is 31.3 Å². The third kappa shape index (κ3) is 4.09. The number of aromatic nitrogens is 2. The Balaban J connectivity index is 1.65. The molecule has 0 atom stereocenters. The molecule has 0 saturated carbocycles. The zero-order chi connectivity index (χ0) is 25.4. The maximum absolute atomic E-state index is 15.6. The van der Waals surface area contributed by atoms with Crippen LogP contribution in [0.4, 0.5) is 19.0 Å². The summed E-state index contributed by atoms with van der Waals surface area (Å²) in [5, 5.41) is 12.5. The Kier molecular flexibility index (Phi) is 6.18. The Bertz CT molecular complexity index is 1420. The lowest BCUT2D eigenvalue weighted by Crippen LogP contribution is -2.43. The molecule has 0 aliphatic carbocycles. The summed E-state index contributed by atoms with van der Waals surface area (Å²) in [4.78, 5) is 19.6. The molecule has 2 aliphatic heterocycles. The first-order valence-electron chi connectivity index (χ1n) is 11.7. The number of rotatable bonds is 4. The molecule has 7 nitrogen and oxygen atoms in total. The summed E-state index contributed by atoms with van der Waals surface area (Å²) in [6.07, 6.45) is 2.71. The molecule has 2 fully saturated rings. The van der Waals surface area contributed by atoms with Gasteiger partial charge in [-0.05, 0) is 61.6 Å². The van der Waals surface area contributed by atoms with Gasteiger partial charge in [0.15, 0.2) is 17.4 Å². The average Bonchev–Trinajstić information content (AvgIpc) is 3.34. The molecule has 186 valence electrons. The van der Waals surface area contributed by atoms with Crippen LogP contribution in [0.15, 0.2) is 41.2 Å². The SMILES string of the molecule is COc1ccc(-n2c(-c3ccc(C#N)c(F)c3)nc(N3CCC4(CCNC4)CC3)c(F)c2=O)cc1F. The van der Waals surface area contributed by atoms with Gasteiger partial charge in [-0.2, -0.15) is 9.65 Å². The molecule has 0 radical (unpaired) electrons. The molecule has 1 spiro atoms. The van der Waals surface area contributed by atoms with Crippen molar-refractivity contribution in [2.75, 3.05) is 38.2 Å². The van der Waals surface area contributed by atoms with E-state index in [9.17, 15) is 13.6 Å². The smallest absolute Gasteiger partial charge is 0.296 e. The van der Waals surface area contributed by atoms with Gasteiger partial charge in [0.05, 0.1) is 18.4 Å². The van der Waals surface area contributed by atoms with Crippen molar-refractivity contribution in [2.24, 2.45) is 5.41 Å². The number of hydrogen-bond donors (Lipinski definition) is 1. The van der Waals surface area contributed by atoms with E-state index in [1.165, 1.54) is 31.4 Å². The second-order valence-corrected chi connectivity index (χ2v) is 9.25. The first-order chi connectivity index (χ1) is 17.4. The summed E-state index contributed by atoms with van der Waals surface area (Å²) in [6, 6.07) is 9.23. The Morgan fingerprint density at radius 2 is 1.86 bits per heavy atom. The van der Waals surface area contributed by atoms with E-state index in [-0.39, 0.29) is 39.6 Å². The van der Waals surface area contributed by atoms with E-state index in [1.807, 2.05) is 0 Å². The van der Waals surface area contributed by atoms with E-state index < -0.39 is 23.0 Å². The molecule has 2 saturated heterocycles. The fourth-order valence-corrected chi connectivity index (χ4v) is 5.09. The lowest BCUT2D eigenvalue weighted by Gasteiger charge is -2.39. The molecule has 36 heavy (non-hydrogen) atoms. The number of nitriles is 1. The van der Waals surface area contributed by atoms with E-state index in [1.54, 1.807) is 11.0 Å². The van der Waals surface area contributed by atoms with Crippen LogP contribution in [0.5, 0.6) is 5.75 Å². The fourth-order valence-electron chi connectivity index (χ4n) is 5.09. The van der Waals surface area contributed by atoms with Crippen LogP contribution >= 0.6 is 0 Å². The summed E-state index contributed by atoms with van der Waals surface area (Å²) in [7, 11) is 1.30. The van der Waals surface area contributed by atoms with Crippen LogP contribution in [0.1, 0.15) is 24.8 Å². The Morgan fingerprint density at radius 3 is 2.47 bits per heavy atom. The quantitative estimate of drug-likeness (QED) is 0.593. The largest absolute Gasteiger partial charge is 0.494 e. The van der Waals surface area contributed by atoms with E-state index in [0.717, 1.165) is 49.1 Å². The van der Waals surface area contributed by atoms with Crippen molar-refractivity contribution in [3.8, 4) is 28.9 Å². The van der Waals surface area contributed by atoms with Crippen LogP contribution in [0.25, 0.3) is 17.1 Å². The van der Waals surface area contributed by atoms with Crippen LogP contribution in [0.2, 0.25) is 0 Å². The van der Waals surface area contributed by atoms with Crippen molar-refractivity contribution in [1.29, 1.82) is 5.26 Å². The van der Waals surface area contributed by atoms with E-state index in [2.05, 4.69) is 10.3 Å². The molecule has 3 aromatic rings. The van der Waals surface area contributed by atoms with E-state index in [0.29, 0.717) is 13.1 Å². The van der Waals surface area contributed by atoms with Gasteiger partial charge in [-0.1, -0.05) is 0 Å². The van der Waals surface area contributed by atoms with Crippen LogP contribution in [-0.4, -0.2) is 42.8 Å². The van der Waals surface area contributed by atoms with Gasteiger partial charge < -0.3 is 15.0 Å². The highest BCUT2D eigenvalue weighted by molar-refractivity contribution is 5.63. The van der Waals surface area contributed by atoms with Gasteiger partial charge in [-0.3, -0.25) is 9.36 Å². The highest BCUT2D eigenvalue weighted by Crippen LogP contribution is 2.38. The number of piperidine rings is 1. The van der Waals surface area contributed by atoms with E-state index in [4.69, 9.17) is 10.00 Å². The van der Waals surface area contributed by atoms with Gasteiger partial charge in [0.25, 0.3) is 5.56 Å². The van der Waals surface area contributed by atoms with Crippen LogP contribution in [0.3, 0.4) is 0 Å². The molecule has 3 heterocycles. The fraction of sp³-hybridized carbons (Fsp3) is 0.346. The molecule has 1 N–H and O–H groups in total. The molecule has 0 amide bonds. The maximum Gasteiger partial charge on any atom is 0.296 e. The van der Waals surface area contributed by atoms with Crippen LogP contribution < -0.4 is 20.5 Å². The number of hydrogen-bond acceptors (Lipinski definition) is 6. The predicted molar refractivity (Wildman–Crippen MR) is 128 cm³/mol. The maximum atomic E-state index is 15.6.